The van der Waals surface area contributed by atoms with E-state index in [0.717, 1.165) is 4.47 Å². The number of esters is 1. The van der Waals surface area contributed by atoms with E-state index in [1.807, 2.05) is 0 Å². The molecule has 0 amide bonds. The molecule has 5 rings (SSSR count). The molecule has 0 saturated carbocycles. The third-order valence-corrected chi connectivity index (χ3v) is 5.44. The third kappa shape index (κ3) is 4.33. The normalized spacial score (nSPS) is 10.9. The molecule has 0 saturated heterocycles. The fraction of sp³-hybridized carbons (Fsp3) is 0.0400. The molecule has 3 aromatic heterocycles. The van der Waals surface area contributed by atoms with Crippen molar-refractivity contribution in [1.29, 1.82) is 0 Å². The highest BCUT2D eigenvalue weighted by Gasteiger charge is 2.19. The van der Waals surface area contributed by atoms with E-state index in [1.54, 1.807) is 79.3 Å². The number of fused-ring (bicyclic) bond motifs is 1. The maximum Gasteiger partial charge on any atom is 0.338 e. The van der Waals surface area contributed by atoms with Crippen LogP contribution in [0, 0.1) is 0 Å². The van der Waals surface area contributed by atoms with E-state index in [9.17, 15) is 9.59 Å². The largest absolute Gasteiger partial charge is 0.463 e. The minimum absolute atomic E-state index is 0.261. The van der Waals surface area contributed by atoms with Crippen LogP contribution in [-0.4, -0.2) is 28.3 Å². The summed E-state index contributed by atoms with van der Waals surface area (Å²) in [6, 6.07) is 18.8. The lowest BCUT2D eigenvalue weighted by atomic mass is 10.1. The summed E-state index contributed by atoms with van der Waals surface area (Å²) in [7, 11) is 0. The molecule has 0 aliphatic rings. The van der Waals surface area contributed by atoms with Crippen molar-refractivity contribution in [3.05, 3.63) is 94.9 Å². The summed E-state index contributed by atoms with van der Waals surface area (Å²) in [6.07, 6.45) is 3.10. The van der Waals surface area contributed by atoms with E-state index in [2.05, 4.69) is 25.9 Å². The second kappa shape index (κ2) is 8.84. The van der Waals surface area contributed by atoms with Crippen molar-refractivity contribution in [1.82, 2.24) is 9.97 Å². The van der Waals surface area contributed by atoms with Gasteiger partial charge in [0.05, 0.1) is 29.1 Å². The number of furan rings is 2. The van der Waals surface area contributed by atoms with Crippen molar-refractivity contribution >= 4 is 38.7 Å². The van der Waals surface area contributed by atoms with Gasteiger partial charge in [-0.1, -0.05) is 28.1 Å². The molecule has 0 bridgehead atoms. The van der Waals surface area contributed by atoms with Gasteiger partial charge in [-0.15, -0.1) is 0 Å². The van der Waals surface area contributed by atoms with Gasteiger partial charge in [0.15, 0.2) is 23.9 Å². The number of halogens is 1. The van der Waals surface area contributed by atoms with E-state index in [-0.39, 0.29) is 18.0 Å². The van der Waals surface area contributed by atoms with Crippen LogP contribution in [0.3, 0.4) is 0 Å². The van der Waals surface area contributed by atoms with Gasteiger partial charge < -0.3 is 13.6 Å². The first-order chi connectivity index (χ1) is 16.1. The van der Waals surface area contributed by atoms with Crippen LogP contribution in [0.4, 0.5) is 0 Å². The van der Waals surface area contributed by atoms with Gasteiger partial charge in [0.2, 0.25) is 0 Å². The molecule has 0 N–H and O–H groups in total. The molecule has 3 heterocycles. The van der Waals surface area contributed by atoms with Gasteiger partial charge in [0, 0.05) is 10.0 Å². The zero-order valence-electron chi connectivity index (χ0n) is 17.0. The number of carbonyl (C=O) groups is 2. The number of carbonyl (C=O) groups excluding carboxylic acids is 2. The van der Waals surface area contributed by atoms with Crippen LogP contribution >= 0.6 is 15.9 Å². The maximum absolute atomic E-state index is 12.6. The topological polar surface area (TPSA) is 95.4 Å². The van der Waals surface area contributed by atoms with E-state index in [4.69, 9.17) is 13.6 Å². The number of Topliss-reactive ketones (excluding diaryl/α,β-unsaturated/α-hetero) is 1. The van der Waals surface area contributed by atoms with E-state index in [0.29, 0.717) is 39.5 Å². The summed E-state index contributed by atoms with van der Waals surface area (Å²) >= 11 is 3.32. The van der Waals surface area contributed by atoms with Gasteiger partial charge >= 0.3 is 5.97 Å². The van der Waals surface area contributed by atoms with Crippen molar-refractivity contribution in [2.24, 2.45) is 0 Å². The highest BCUT2D eigenvalue weighted by atomic mass is 79.9. The molecule has 2 aromatic carbocycles. The van der Waals surface area contributed by atoms with E-state index in [1.165, 1.54) is 0 Å². The molecule has 33 heavy (non-hydrogen) atoms. The lowest BCUT2D eigenvalue weighted by Gasteiger charge is -2.08. The Morgan fingerprint density at radius 2 is 1.39 bits per heavy atom. The fourth-order valence-corrected chi connectivity index (χ4v) is 3.55. The standard InChI is InChI=1S/C25H15BrN2O5/c26-17-8-5-15(6-9-17)20(29)14-33-25(30)16-7-10-18-19(13-16)28-24(22-4-2-12-32-22)23(27-18)21-3-1-11-31-21/h1-13H,14H2. The zero-order valence-corrected chi connectivity index (χ0v) is 18.6. The molecule has 0 aliphatic carbocycles. The molecule has 0 fully saturated rings. The number of aromatic nitrogens is 2. The molecular weight excluding hydrogens is 488 g/mol. The molecule has 7 nitrogen and oxygen atoms in total. The van der Waals surface area contributed by atoms with E-state index >= 15 is 0 Å². The second-order valence-electron chi connectivity index (χ2n) is 7.09. The average molecular weight is 503 g/mol. The number of ketones is 1. The van der Waals surface area contributed by atoms with Crippen LogP contribution < -0.4 is 0 Å². The summed E-state index contributed by atoms with van der Waals surface area (Å²) in [5.74, 6) is 0.146. The third-order valence-electron chi connectivity index (χ3n) is 4.91. The zero-order chi connectivity index (χ0) is 22.8. The number of hydrogen-bond acceptors (Lipinski definition) is 7. The number of benzene rings is 2. The van der Waals surface area contributed by atoms with Crippen LogP contribution in [0.2, 0.25) is 0 Å². The van der Waals surface area contributed by atoms with Crippen molar-refractivity contribution < 1.29 is 23.2 Å². The molecule has 0 unspecified atom stereocenters. The van der Waals surface area contributed by atoms with Crippen LogP contribution in [0.15, 0.2) is 92.6 Å². The molecule has 5 aromatic rings. The van der Waals surface area contributed by atoms with Crippen molar-refractivity contribution in [3.8, 4) is 22.9 Å². The summed E-state index contributed by atoms with van der Waals surface area (Å²) < 4.78 is 17.1. The Hall–Kier alpha value is -4.04. The SMILES string of the molecule is O=C(COC(=O)c1ccc2nc(-c3ccco3)c(-c3ccco3)nc2c1)c1ccc(Br)cc1. The van der Waals surface area contributed by atoms with Gasteiger partial charge in [-0.3, -0.25) is 4.79 Å². The second-order valence-corrected chi connectivity index (χ2v) is 8.00. The Morgan fingerprint density at radius 3 is 2.00 bits per heavy atom. The first-order valence-electron chi connectivity index (χ1n) is 9.94. The molecular formula is C25H15BrN2O5. The molecule has 0 aliphatic heterocycles. The highest BCUT2D eigenvalue weighted by molar-refractivity contribution is 9.10. The highest BCUT2D eigenvalue weighted by Crippen LogP contribution is 2.31. The molecule has 162 valence electrons. The van der Waals surface area contributed by atoms with Gasteiger partial charge in [0.25, 0.3) is 0 Å². The smallest absolute Gasteiger partial charge is 0.338 e. The van der Waals surface area contributed by atoms with Crippen LogP contribution in [0.25, 0.3) is 33.9 Å². The average Bonchev–Trinajstić information content (AvgIpc) is 3.56. The summed E-state index contributed by atoms with van der Waals surface area (Å²) in [5.41, 5.74) is 2.78. The molecule has 8 heteroatoms. The van der Waals surface area contributed by atoms with Crippen LogP contribution in [0.5, 0.6) is 0 Å². The van der Waals surface area contributed by atoms with Crippen molar-refractivity contribution in [2.45, 2.75) is 0 Å². The van der Waals surface area contributed by atoms with Crippen LogP contribution in [-0.2, 0) is 4.74 Å². The van der Waals surface area contributed by atoms with E-state index < -0.39 is 5.97 Å². The Morgan fingerprint density at radius 1 is 0.788 bits per heavy atom. The maximum atomic E-state index is 12.6. The molecule has 0 radical (unpaired) electrons. The monoisotopic (exact) mass is 502 g/mol. The van der Waals surface area contributed by atoms with Gasteiger partial charge in [-0.25, -0.2) is 14.8 Å². The quantitative estimate of drug-likeness (QED) is 0.209. The summed E-state index contributed by atoms with van der Waals surface area (Å²) in [5, 5.41) is 0. The van der Waals surface area contributed by atoms with Gasteiger partial charge in [-0.05, 0) is 54.6 Å². The lowest BCUT2D eigenvalue weighted by molar-refractivity contribution is 0.0475. The van der Waals surface area contributed by atoms with Gasteiger partial charge in [0.1, 0.15) is 11.4 Å². The summed E-state index contributed by atoms with van der Waals surface area (Å²) in [6.45, 7) is -0.362. The fourth-order valence-electron chi connectivity index (χ4n) is 3.29. The Balaban J connectivity index is 1.43. The van der Waals surface area contributed by atoms with Crippen LogP contribution in [0.1, 0.15) is 20.7 Å². The number of hydrogen-bond donors (Lipinski definition) is 0. The number of rotatable bonds is 6. The van der Waals surface area contributed by atoms with Crippen molar-refractivity contribution in [2.75, 3.05) is 6.61 Å². The minimum Gasteiger partial charge on any atom is -0.463 e. The Bertz CT molecular complexity index is 1440. The summed E-state index contributed by atoms with van der Waals surface area (Å²) in [4.78, 5) is 34.2. The predicted molar refractivity (Wildman–Crippen MR) is 124 cm³/mol. The van der Waals surface area contributed by atoms with Gasteiger partial charge in [-0.2, -0.15) is 0 Å². The molecule has 0 atom stereocenters. The first-order valence-corrected chi connectivity index (χ1v) is 10.7. The predicted octanol–water partition coefficient (Wildman–Crippen LogP) is 5.95. The molecule has 0 spiro atoms. The Labute approximate surface area is 196 Å². The Kier molecular flexibility index (Phi) is 5.58. The first kappa shape index (κ1) is 20.8. The van der Waals surface area contributed by atoms with Crippen molar-refractivity contribution in [3.63, 3.8) is 0 Å². The number of ether oxygens (including phenoxy) is 1. The lowest BCUT2D eigenvalue weighted by Crippen LogP contribution is -2.14. The minimum atomic E-state index is -0.626. The number of nitrogens with zero attached hydrogens (tertiary/aromatic N) is 2.